The number of hydrogen-bond acceptors (Lipinski definition) is 5. The Balaban J connectivity index is 0.00000952. The SMILES string of the molecule is CCCCCCCCCCCCC1(CCCCCCCCCC)C(=CC=C(C#N)C=CC2=[N+](CCC(=O)O)c3ccc4ccccc4c3C2(C)C)N(CCC(=O)O)c2ccc(OC)cc21.[I-]. The number of anilines is 1. The highest BCUT2D eigenvalue weighted by molar-refractivity contribution is 6.07. The molecule has 0 saturated heterocycles. The van der Waals surface area contributed by atoms with Crippen molar-refractivity contribution in [2.75, 3.05) is 25.1 Å². The molecule has 0 aliphatic carbocycles. The number of allylic oxidation sites excluding steroid dienone is 6. The van der Waals surface area contributed by atoms with Crippen molar-refractivity contribution in [2.45, 2.75) is 180 Å². The van der Waals surface area contributed by atoms with E-state index >= 15 is 0 Å². The van der Waals surface area contributed by atoms with Crippen molar-refractivity contribution < 1.29 is 53.1 Å². The van der Waals surface area contributed by atoms with E-state index in [4.69, 9.17) is 4.74 Å². The summed E-state index contributed by atoms with van der Waals surface area (Å²) in [6, 6.07) is 21.2. The van der Waals surface area contributed by atoms with E-state index in [9.17, 15) is 25.1 Å². The molecule has 2 heterocycles. The fraction of sp³-hybridized carbons (Fsp3) is 0.544. The zero-order chi connectivity index (χ0) is 46.7. The van der Waals surface area contributed by atoms with Crippen LogP contribution in [-0.2, 0) is 20.4 Å². The predicted octanol–water partition coefficient (Wildman–Crippen LogP) is 11.7. The zero-order valence-electron chi connectivity index (χ0n) is 40.8. The smallest absolute Gasteiger partial charge is 0.309 e. The van der Waals surface area contributed by atoms with E-state index in [1.807, 2.05) is 36.4 Å². The van der Waals surface area contributed by atoms with Crippen molar-refractivity contribution in [2.24, 2.45) is 0 Å². The van der Waals surface area contributed by atoms with Gasteiger partial charge in [0.25, 0.3) is 0 Å². The Morgan fingerprint density at radius 3 is 1.91 bits per heavy atom. The Kier molecular flexibility index (Phi) is 22.5. The van der Waals surface area contributed by atoms with Crippen molar-refractivity contribution in [3.05, 3.63) is 101 Å². The lowest BCUT2D eigenvalue weighted by molar-refractivity contribution is -0.436. The second-order valence-corrected chi connectivity index (χ2v) is 19.0. The van der Waals surface area contributed by atoms with E-state index in [2.05, 4.69) is 85.7 Å². The summed E-state index contributed by atoms with van der Waals surface area (Å²) in [5.74, 6) is -0.913. The monoisotopic (exact) mass is 1010 g/mol. The number of hydrogen-bond donors (Lipinski definition) is 2. The molecule has 66 heavy (non-hydrogen) atoms. The first-order chi connectivity index (χ1) is 31.5. The summed E-state index contributed by atoms with van der Waals surface area (Å²) in [5.41, 5.74) is 5.96. The molecule has 3 aromatic carbocycles. The molecule has 358 valence electrons. The molecule has 2 N–H and O–H groups in total. The summed E-state index contributed by atoms with van der Waals surface area (Å²) in [6.45, 7) is 9.50. The third kappa shape index (κ3) is 14.1. The number of fused-ring (bicyclic) bond motifs is 4. The van der Waals surface area contributed by atoms with E-state index in [0.29, 0.717) is 18.7 Å². The first-order valence-electron chi connectivity index (χ1n) is 25.1. The van der Waals surface area contributed by atoms with Crippen LogP contribution in [-0.4, -0.2) is 52.6 Å². The van der Waals surface area contributed by atoms with Gasteiger partial charge in [0.2, 0.25) is 5.69 Å². The molecular weight excluding hydrogens is 934 g/mol. The lowest BCUT2D eigenvalue weighted by Crippen LogP contribution is -3.00. The standard InChI is InChI=1S/C57H77N3O5.HI/c1-6-8-10-12-14-16-17-19-21-25-39-57(38-24-20-18-15-13-11-9-7-2)48-42-46(65-5)31-33-49(48)59(40-36-53(61)62)52(57)35-29-44(43-58)28-34-51-56(3,4)55-47-27-23-22-26-45(47)30-32-50(55)60(51)41-37-54(63)64;/h22-23,26-35,42H,6-21,24-25,36-41H2,1-5H3,(H-,61,62,63,64);1H. The Hall–Kier alpha value is -4.43. The molecule has 0 saturated carbocycles. The number of unbranched alkanes of at least 4 members (excludes halogenated alkanes) is 16. The second kappa shape index (κ2) is 27.4. The zero-order valence-corrected chi connectivity index (χ0v) is 43.0. The molecule has 0 amide bonds. The van der Waals surface area contributed by atoms with Gasteiger partial charge in [-0.1, -0.05) is 154 Å². The Morgan fingerprint density at radius 2 is 1.35 bits per heavy atom. The summed E-state index contributed by atoms with van der Waals surface area (Å²) in [7, 11) is 1.71. The van der Waals surface area contributed by atoms with Gasteiger partial charge in [-0.3, -0.25) is 9.59 Å². The molecule has 1 atom stereocenters. The van der Waals surface area contributed by atoms with Gasteiger partial charge in [0.05, 0.1) is 30.6 Å². The number of carboxylic acid groups (broad SMARTS) is 2. The highest BCUT2D eigenvalue weighted by atomic mass is 127. The maximum Gasteiger partial charge on any atom is 0.309 e. The summed E-state index contributed by atoms with van der Waals surface area (Å²) < 4.78 is 7.97. The molecule has 0 spiro atoms. The molecule has 2 aliphatic rings. The number of nitrogens with zero attached hydrogens (tertiary/aromatic N) is 3. The highest BCUT2D eigenvalue weighted by Crippen LogP contribution is 2.55. The van der Waals surface area contributed by atoms with E-state index in [-0.39, 0.29) is 42.2 Å². The van der Waals surface area contributed by atoms with Gasteiger partial charge in [0, 0.05) is 41.1 Å². The van der Waals surface area contributed by atoms with Gasteiger partial charge in [0.15, 0.2) is 12.3 Å². The van der Waals surface area contributed by atoms with Gasteiger partial charge in [-0.05, 0) is 85.5 Å². The predicted molar refractivity (Wildman–Crippen MR) is 268 cm³/mol. The normalized spacial score (nSPS) is 17.1. The topological polar surface area (TPSA) is 114 Å². The Bertz CT molecular complexity index is 2230. The fourth-order valence-corrected chi connectivity index (χ4v) is 10.6. The number of benzene rings is 3. The summed E-state index contributed by atoms with van der Waals surface area (Å²) in [5, 5.41) is 32.8. The molecule has 2 aliphatic heterocycles. The third-order valence-corrected chi connectivity index (χ3v) is 14.0. The average Bonchev–Trinajstić information content (AvgIpc) is 3.68. The first-order valence-corrected chi connectivity index (χ1v) is 25.1. The molecule has 1 unspecified atom stereocenters. The van der Waals surface area contributed by atoms with Crippen LogP contribution in [0.25, 0.3) is 10.8 Å². The molecule has 0 bridgehead atoms. The minimum absolute atomic E-state index is 0. The molecule has 3 aromatic rings. The molecule has 0 fully saturated rings. The largest absolute Gasteiger partial charge is 1.00 e. The fourth-order valence-electron chi connectivity index (χ4n) is 10.6. The van der Waals surface area contributed by atoms with Gasteiger partial charge in [0.1, 0.15) is 12.2 Å². The quantitative estimate of drug-likeness (QED) is 0.0225. The molecule has 8 nitrogen and oxygen atoms in total. The number of rotatable bonds is 30. The number of methoxy groups -OCH3 is 1. The van der Waals surface area contributed by atoms with Crippen LogP contribution in [0.15, 0.2) is 90.2 Å². The number of aliphatic carboxylic acids is 2. The van der Waals surface area contributed by atoms with E-state index in [0.717, 1.165) is 83.4 Å². The van der Waals surface area contributed by atoms with E-state index in [1.165, 1.54) is 95.5 Å². The highest BCUT2D eigenvalue weighted by Gasteiger charge is 2.47. The number of halogens is 1. The molecule has 5 rings (SSSR count). The summed E-state index contributed by atoms with van der Waals surface area (Å²) >= 11 is 0. The van der Waals surface area contributed by atoms with Gasteiger partial charge < -0.3 is 43.8 Å². The lowest BCUT2D eigenvalue weighted by atomic mass is 9.71. The van der Waals surface area contributed by atoms with Crippen LogP contribution in [0.5, 0.6) is 5.75 Å². The van der Waals surface area contributed by atoms with Crippen molar-refractivity contribution in [1.29, 1.82) is 5.26 Å². The van der Waals surface area contributed by atoms with Crippen LogP contribution in [0.2, 0.25) is 0 Å². The third-order valence-electron chi connectivity index (χ3n) is 14.0. The maximum absolute atomic E-state index is 12.2. The van der Waals surface area contributed by atoms with Crippen LogP contribution < -0.4 is 33.6 Å². The van der Waals surface area contributed by atoms with E-state index < -0.39 is 17.4 Å². The van der Waals surface area contributed by atoms with Crippen molar-refractivity contribution in [3.8, 4) is 11.8 Å². The average molecular weight is 1010 g/mol. The van der Waals surface area contributed by atoms with Crippen LogP contribution in [0.3, 0.4) is 0 Å². The summed E-state index contributed by atoms with van der Waals surface area (Å²) in [6.07, 6.45) is 31.9. The summed E-state index contributed by atoms with van der Waals surface area (Å²) in [4.78, 5) is 26.3. The van der Waals surface area contributed by atoms with Crippen LogP contribution in [0.4, 0.5) is 11.4 Å². The van der Waals surface area contributed by atoms with Crippen LogP contribution in [0.1, 0.15) is 180 Å². The first kappa shape index (κ1) is 54.2. The van der Waals surface area contributed by atoms with Gasteiger partial charge in [-0.15, -0.1) is 0 Å². The Labute approximate surface area is 413 Å². The van der Waals surface area contributed by atoms with Gasteiger partial charge in [-0.25, -0.2) is 0 Å². The minimum atomic E-state index is -0.861. The molecule has 9 heteroatoms. The number of nitriles is 1. The number of carbonyl (C=O) groups is 2. The van der Waals surface area contributed by atoms with E-state index in [1.54, 1.807) is 7.11 Å². The van der Waals surface area contributed by atoms with Gasteiger partial charge >= 0.3 is 11.9 Å². The Morgan fingerprint density at radius 1 is 0.773 bits per heavy atom. The minimum Gasteiger partial charge on any atom is -1.00 e. The lowest BCUT2D eigenvalue weighted by Gasteiger charge is -2.34. The number of carboxylic acids is 2. The van der Waals surface area contributed by atoms with Crippen molar-refractivity contribution >= 4 is 39.8 Å². The van der Waals surface area contributed by atoms with Gasteiger partial charge in [-0.2, -0.15) is 9.84 Å². The van der Waals surface area contributed by atoms with Crippen molar-refractivity contribution in [3.63, 3.8) is 0 Å². The van der Waals surface area contributed by atoms with Crippen LogP contribution >= 0.6 is 0 Å². The molecule has 0 aromatic heterocycles. The molecular formula is C57H78IN3O5. The van der Waals surface area contributed by atoms with Crippen LogP contribution in [0, 0.1) is 11.3 Å². The number of ether oxygens (including phenoxy) is 1. The van der Waals surface area contributed by atoms with Crippen molar-refractivity contribution in [1.82, 2.24) is 0 Å². The second-order valence-electron chi connectivity index (χ2n) is 19.0. The molecule has 0 radical (unpaired) electrons. The maximum atomic E-state index is 12.2.